The van der Waals surface area contributed by atoms with Gasteiger partial charge in [-0.25, -0.2) is 0 Å². The van der Waals surface area contributed by atoms with Crippen LogP contribution in [-0.4, -0.2) is 34.4 Å². The molecule has 0 aliphatic carbocycles. The van der Waals surface area contributed by atoms with Crippen molar-refractivity contribution in [2.45, 2.75) is 39.4 Å². The fraction of sp³-hybridized carbons (Fsp3) is 0.833. The van der Waals surface area contributed by atoms with Gasteiger partial charge in [-0.05, 0) is 13.8 Å². The highest BCUT2D eigenvalue weighted by molar-refractivity contribution is 8.01. The van der Waals surface area contributed by atoms with E-state index in [-0.39, 0.29) is 16.6 Å². The third-order valence-corrected chi connectivity index (χ3v) is 3.34. The third kappa shape index (κ3) is 6.73. The first-order valence-electron chi connectivity index (χ1n) is 5.61. The molecule has 0 heterocycles. The van der Waals surface area contributed by atoms with Gasteiger partial charge >= 0.3 is 0 Å². The van der Waals surface area contributed by atoms with Crippen LogP contribution in [0.3, 0.4) is 0 Å². The van der Waals surface area contributed by atoms with E-state index in [4.69, 9.17) is 5.26 Å². The van der Waals surface area contributed by atoms with Crippen molar-refractivity contribution in [3.8, 4) is 6.07 Å². The van der Waals surface area contributed by atoms with Gasteiger partial charge in [0.05, 0.1) is 17.7 Å². The summed E-state index contributed by atoms with van der Waals surface area (Å²) in [4.78, 5) is 13.6. The average Bonchev–Trinajstić information content (AvgIpc) is 2.21. The number of rotatable bonds is 5. The van der Waals surface area contributed by atoms with Crippen molar-refractivity contribution in [3.05, 3.63) is 0 Å². The van der Waals surface area contributed by atoms with Gasteiger partial charge in [0.2, 0.25) is 5.91 Å². The number of nitriles is 1. The molecule has 0 aliphatic heterocycles. The van der Waals surface area contributed by atoms with Crippen LogP contribution in [0.15, 0.2) is 0 Å². The lowest BCUT2D eigenvalue weighted by Gasteiger charge is -2.24. The Morgan fingerprint density at radius 3 is 2.44 bits per heavy atom. The molecule has 1 unspecified atom stereocenters. The summed E-state index contributed by atoms with van der Waals surface area (Å²) in [6.07, 6.45) is 0. The van der Waals surface area contributed by atoms with Gasteiger partial charge in [-0.15, -0.1) is 11.8 Å². The molecule has 0 aromatic carbocycles. The van der Waals surface area contributed by atoms with Gasteiger partial charge in [0, 0.05) is 17.8 Å². The summed E-state index contributed by atoms with van der Waals surface area (Å²) in [5.74, 6) is 0.531. The molecule has 92 valence electrons. The van der Waals surface area contributed by atoms with Crippen LogP contribution < -0.4 is 0 Å². The second-order valence-electron chi connectivity index (χ2n) is 4.86. The van der Waals surface area contributed by atoms with Gasteiger partial charge < -0.3 is 4.90 Å². The molecule has 1 amide bonds. The standard InChI is InChI=1S/C12H22N2OS/c1-6-14(8-10(2)7-13)11(15)9-16-12(3,4)5/h10H,6,8-9H2,1-5H3. The molecule has 0 aromatic heterocycles. The van der Waals surface area contributed by atoms with Gasteiger partial charge in [0.15, 0.2) is 0 Å². The first kappa shape index (κ1) is 15.3. The summed E-state index contributed by atoms with van der Waals surface area (Å²) >= 11 is 1.65. The molecule has 0 saturated heterocycles. The molecule has 0 rings (SSSR count). The minimum absolute atomic E-state index is 0.0939. The molecular formula is C12H22N2OS. The first-order valence-corrected chi connectivity index (χ1v) is 6.60. The lowest BCUT2D eigenvalue weighted by Crippen LogP contribution is -2.36. The Labute approximate surface area is 103 Å². The van der Waals surface area contributed by atoms with Crippen molar-refractivity contribution < 1.29 is 4.79 Å². The summed E-state index contributed by atoms with van der Waals surface area (Å²) in [5, 5.41) is 8.73. The SMILES string of the molecule is CCN(CC(C)C#N)C(=O)CSC(C)(C)C. The largest absolute Gasteiger partial charge is 0.341 e. The summed E-state index contributed by atoms with van der Waals surface area (Å²) in [7, 11) is 0. The van der Waals surface area contributed by atoms with E-state index < -0.39 is 0 Å². The van der Waals surface area contributed by atoms with Crippen molar-refractivity contribution in [1.82, 2.24) is 4.90 Å². The van der Waals surface area contributed by atoms with Crippen molar-refractivity contribution >= 4 is 17.7 Å². The van der Waals surface area contributed by atoms with Crippen LogP contribution in [0.4, 0.5) is 0 Å². The van der Waals surface area contributed by atoms with Crippen LogP contribution in [0.25, 0.3) is 0 Å². The molecule has 0 radical (unpaired) electrons. The minimum atomic E-state index is -0.0939. The predicted octanol–water partition coefficient (Wildman–Crippen LogP) is 2.53. The van der Waals surface area contributed by atoms with E-state index in [1.807, 2.05) is 13.8 Å². The average molecular weight is 242 g/mol. The zero-order valence-electron chi connectivity index (χ0n) is 10.9. The maximum atomic E-state index is 11.9. The molecule has 0 saturated carbocycles. The molecule has 0 bridgehead atoms. The molecule has 3 nitrogen and oxygen atoms in total. The maximum Gasteiger partial charge on any atom is 0.232 e. The Hall–Kier alpha value is -0.690. The number of carbonyl (C=O) groups excluding carboxylic acids is 1. The van der Waals surface area contributed by atoms with E-state index in [1.54, 1.807) is 16.7 Å². The predicted molar refractivity (Wildman–Crippen MR) is 69.2 cm³/mol. The molecule has 16 heavy (non-hydrogen) atoms. The van der Waals surface area contributed by atoms with Crippen molar-refractivity contribution in [1.29, 1.82) is 5.26 Å². The van der Waals surface area contributed by atoms with Crippen LogP contribution in [0.1, 0.15) is 34.6 Å². The fourth-order valence-corrected chi connectivity index (χ4v) is 1.89. The van der Waals surface area contributed by atoms with E-state index in [0.29, 0.717) is 18.8 Å². The summed E-state index contributed by atoms with van der Waals surface area (Å²) in [6, 6.07) is 2.16. The summed E-state index contributed by atoms with van der Waals surface area (Å²) < 4.78 is 0.107. The van der Waals surface area contributed by atoms with Crippen molar-refractivity contribution in [2.24, 2.45) is 5.92 Å². The first-order chi connectivity index (χ1) is 7.30. The second kappa shape index (κ2) is 6.80. The Morgan fingerprint density at radius 1 is 1.50 bits per heavy atom. The minimum Gasteiger partial charge on any atom is -0.341 e. The molecule has 0 fully saturated rings. The fourth-order valence-electron chi connectivity index (χ4n) is 1.15. The monoisotopic (exact) mass is 242 g/mol. The highest BCUT2D eigenvalue weighted by Crippen LogP contribution is 2.23. The lowest BCUT2D eigenvalue weighted by molar-refractivity contribution is -0.128. The van der Waals surface area contributed by atoms with Gasteiger partial charge in [0.25, 0.3) is 0 Å². The molecule has 4 heteroatoms. The maximum absolute atomic E-state index is 11.9. The van der Waals surface area contributed by atoms with E-state index in [0.717, 1.165) is 0 Å². The number of nitrogens with zero attached hydrogens (tertiary/aromatic N) is 2. The van der Waals surface area contributed by atoms with E-state index in [2.05, 4.69) is 26.8 Å². The van der Waals surface area contributed by atoms with Crippen LogP contribution in [0.5, 0.6) is 0 Å². The van der Waals surface area contributed by atoms with E-state index >= 15 is 0 Å². The van der Waals surface area contributed by atoms with Crippen LogP contribution in [0.2, 0.25) is 0 Å². The highest BCUT2D eigenvalue weighted by atomic mass is 32.2. The Kier molecular flexibility index (Phi) is 6.51. The summed E-state index contributed by atoms with van der Waals surface area (Å²) in [5.41, 5.74) is 0. The van der Waals surface area contributed by atoms with Crippen molar-refractivity contribution in [3.63, 3.8) is 0 Å². The van der Waals surface area contributed by atoms with E-state index in [1.165, 1.54) is 0 Å². The number of hydrogen-bond donors (Lipinski definition) is 0. The number of hydrogen-bond acceptors (Lipinski definition) is 3. The zero-order chi connectivity index (χ0) is 12.8. The molecule has 1 atom stereocenters. The van der Waals surface area contributed by atoms with Gasteiger partial charge in [0.1, 0.15) is 0 Å². The van der Waals surface area contributed by atoms with Gasteiger partial charge in [-0.1, -0.05) is 20.8 Å². The highest BCUT2D eigenvalue weighted by Gasteiger charge is 2.18. The molecule has 0 N–H and O–H groups in total. The Bertz CT molecular complexity index is 265. The molecule has 0 spiro atoms. The van der Waals surface area contributed by atoms with Gasteiger partial charge in [-0.3, -0.25) is 4.79 Å². The Balaban J connectivity index is 4.17. The zero-order valence-corrected chi connectivity index (χ0v) is 11.7. The second-order valence-corrected chi connectivity index (χ2v) is 6.67. The lowest BCUT2D eigenvalue weighted by atomic mass is 10.2. The number of thioether (sulfide) groups is 1. The van der Waals surface area contributed by atoms with Crippen molar-refractivity contribution in [2.75, 3.05) is 18.8 Å². The van der Waals surface area contributed by atoms with Gasteiger partial charge in [-0.2, -0.15) is 5.26 Å². The topological polar surface area (TPSA) is 44.1 Å². The number of amides is 1. The summed E-state index contributed by atoms with van der Waals surface area (Å²) in [6.45, 7) is 11.3. The third-order valence-electron chi connectivity index (χ3n) is 2.08. The molecule has 0 aliphatic rings. The number of carbonyl (C=O) groups is 1. The molecular weight excluding hydrogens is 220 g/mol. The molecule has 0 aromatic rings. The van der Waals surface area contributed by atoms with Crippen LogP contribution in [-0.2, 0) is 4.79 Å². The Morgan fingerprint density at radius 2 is 2.06 bits per heavy atom. The van der Waals surface area contributed by atoms with Crippen LogP contribution in [0, 0.1) is 17.2 Å². The normalized spacial score (nSPS) is 13.0. The van der Waals surface area contributed by atoms with Crippen LogP contribution >= 0.6 is 11.8 Å². The van der Waals surface area contributed by atoms with E-state index in [9.17, 15) is 4.79 Å². The smallest absolute Gasteiger partial charge is 0.232 e. The quantitative estimate of drug-likeness (QED) is 0.744.